The number of hydrogen-bond acceptors (Lipinski definition) is 3. The van der Waals surface area contributed by atoms with E-state index in [0.29, 0.717) is 21.8 Å². The monoisotopic (exact) mass is 327 g/mol. The first-order chi connectivity index (χ1) is 11.0. The molecule has 23 heavy (non-hydrogen) atoms. The van der Waals surface area contributed by atoms with Crippen molar-refractivity contribution in [2.45, 2.75) is 6.92 Å². The van der Waals surface area contributed by atoms with Crippen molar-refractivity contribution in [2.24, 2.45) is 0 Å². The highest BCUT2D eigenvalue weighted by molar-refractivity contribution is 6.35. The molecule has 4 nitrogen and oxygen atoms in total. The Morgan fingerprint density at radius 3 is 2.57 bits per heavy atom. The quantitative estimate of drug-likeness (QED) is 0.541. The number of methoxy groups -OCH3 is 1. The number of esters is 1. The van der Waals surface area contributed by atoms with Crippen LogP contribution in [0.1, 0.15) is 32.0 Å². The maximum atomic E-state index is 12.9. The molecule has 0 saturated carbocycles. The van der Waals surface area contributed by atoms with Crippen LogP contribution in [0.15, 0.2) is 48.7 Å². The predicted molar refractivity (Wildman–Crippen MR) is 88.4 cm³/mol. The minimum atomic E-state index is -0.450. The molecule has 5 heteroatoms. The molecule has 0 N–H and O–H groups in total. The van der Waals surface area contributed by atoms with E-state index in [9.17, 15) is 9.59 Å². The molecule has 0 aliphatic heterocycles. The number of benzene rings is 1. The zero-order valence-corrected chi connectivity index (χ0v) is 13.4. The van der Waals surface area contributed by atoms with Crippen molar-refractivity contribution in [1.29, 1.82) is 0 Å². The van der Waals surface area contributed by atoms with Crippen molar-refractivity contribution in [3.05, 3.63) is 76.1 Å². The van der Waals surface area contributed by atoms with Gasteiger partial charge in [0.15, 0.2) is 0 Å². The Kier molecular flexibility index (Phi) is 3.92. The van der Waals surface area contributed by atoms with Gasteiger partial charge in [-0.15, -0.1) is 0 Å². The SMILES string of the molecule is COC(=O)c1ccc2cc(C)c(C(=O)c3ccccc3Cl)n2c1. The number of pyridine rings is 1. The first kappa shape index (κ1) is 15.3. The van der Waals surface area contributed by atoms with Gasteiger partial charge >= 0.3 is 5.97 Å². The third-order valence-electron chi connectivity index (χ3n) is 3.71. The number of ketones is 1. The van der Waals surface area contributed by atoms with Crippen LogP contribution in [0, 0.1) is 6.92 Å². The number of halogens is 1. The summed E-state index contributed by atoms with van der Waals surface area (Å²) in [5, 5.41) is 0.399. The number of nitrogens with zero attached hydrogens (tertiary/aromatic N) is 1. The molecule has 1 aromatic carbocycles. The maximum Gasteiger partial charge on any atom is 0.339 e. The van der Waals surface area contributed by atoms with Crippen LogP contribution in [0.2, 0.25) is 5.02 Å². The van der Waals surface area contributed by atoms with Gasteiger partial charge in [-0.3, -0.25) is 4.79 Å². The summed E-state index contributed by atoms with van der Waals surface area (Å²) in [5.41, 5.74) is 2.94. The molecule has 0 amide bonds. The van der Waals surface area contributed by atoms with Crippen molar-refractivity contribution < 1.29 is 14.3 Å². The number of fused-ring (bicyclic) bond motifs is 1. The zero-order valence-electron chi connectivity index (χ0n) is 12.7. The molecule has 116 valence electrons. The van der Waals surface area contributed by atoms with Gasteiger partial charge in [0.25, 0.3) is 0 Å². The molecule has 0 spiro atoms. The maximum absolute atomic E-state index is 12.9. The minimum absolute atomic E-state index is 0.185. The van der Waals surface area contributed by atoms with Crippen LogP contribution in [-0.2, 0) is 4.74 Å². The molecule has 0 saturated heterocycles. The van der Waals surface area contributed by atoms with Gasteiger partial charge in [-0.25, -0.2) is 4.79 Å². The third kappa shape index (κ3) is 2.62. The molecule has 3 aromatic rings. The number of aromatic nitrogens is 1. The summed E-state index contributed by atoms with van der Waals surface area (Å²) in [6, 6.07) is 12.3. The topological polar surface area (TPSA) is 47.8 Å². The fourth-order valence-electron chi connectivity index (χ4n) is 2.60. The molecule has 0 aliphatic carbocycles. The van der Waals surface area contributed by atoms with Crippen LogP contribution in [-0.4, -0.2) is 23.3 Å². The van der Waals surface area contributed by atoms with E-state index in [0.717, 1.165) is 11.1 Å². The second-order valence-corrected chi connectivity index (χ2v) is 5.60. The van der Waals surface area contributed by atoms with E-state index in [1.807, 2.05) is 13.0 Å². The highest BCUT2D eigenvalue weighted by Gasteiger charge is 2.20. The van der Waals surface area contributed by atoms with Crippen LogP contribution < -0.4 is 0 Å². The van der Waals surface area contributed by atoms with Crippen molar-refractivity contribution in [1.82, 2.24) is 4.40 Å². The lowest BCUT2D eigenvalue weighted by Crippen LogP contribution is -2.09. The predicted octanol–water partition coefficient (Wildman–Crippen LogP) is 3.92. The van der Waals surface area contributed by atoms with E-state index in [1.54, 1.807) is 47.0 Å². The summed E-state index contributed by atoms with van der Waals surface area (Å²) >= 11 is 6.14. The van der Waals surface area contributed by atoms with E-state index >= 15 is 0 Å². The fraction of sp³-hybridized carbons (Fsp3) is 0.111. The Morgan fingerprint density at radius 2 is 1.87 bits per heavy atom. The number of hydrogen-bond donors (Lipinski definition) is 0. The van der Waals surface area contributed by atoms with E-state index in [1.165, 1.54) is 7.11 Å². The van der Waals surface area contributed by atoms with E-state index in [2.05, 4.69) is 0 Å². The standard InChI is InChI=1S/C18H14ClNO3/c1-11-9-13-8-7-12(18(22)23-2)10-20(13)16(11)17(21)14-5-3-4-6-15(14)19/h3-10H,1-2H3. The smallest absolute Gasteiger partial charge is 0.339 e. The van der Waals surface area contributed by atoms with Crippen LogP contribution in [0.3, 0.4) is 0 Å². The lowest BCUT2D eigenvalue weighted by molar-refractivity contribution is 0.0600. The summed E-state index contributed by atoms with van der Waals surface area (Å²) in [6.45, 7) is 1.86. The summed E-state index contributed by atoms with van der Waals surface area (Å²) < 4.78 is 6.44. The molecule has 0 bridgehead atoms. The molecule has 0 radical (unpaired) electrons. The zero-order chi connectivity index (χ0) is 16.6. The van der Waals surface area contributed by atoms with Crippen molar-refractivity contribution in [2.75, 3.05) is 7.11 Å². The molecular weight excluding hydrogens is 314 g/mol. The van der Waals surface area contributed by atoms with Gasteiger partial charge in [0.2, 0.25) is 5.78 Å². The number of ether oxygens (including phenoxy) is 1. The normalized spacial score (nSPS) is 10.7. The van der Waals surface area contributed by atoms with Gasteiger partial charge in [-0.1, -0.05) is 23.7 Å². The van der Waals surface area contributed by atoms with Gasteiger partial charge in [0.1, 0.15) is 0 Å². The summed E-state index contributed by atoms with van der Waals surface area (Å²) in [6.07, 6.45) is 1.61. The van der Waals surface area contributed by atoms with Gasteiger partial charge in [-0.2, -0.15) is 0 Å². The minimum Gasteiger partial charge on any atom is -0.465 e. The second kappa shape index (κ2) is 5.89. The average molecular weight is 328 g/mol. The van der Waals surface area contributed by atoms with E-state index < -0.39 is 5.97 Å². The van der Waals surface area contributed by atoms with E-state index in [4.69, 9.17) is 16.3 Å². The van der Waals surface area contributed by atoms with Gasteiger partial charge < -0.3 is 9.14 Å². The lowest BCUT2D eigenvalue weighted by Gasteiger charge is -2.07. The molecular formula is C18H14ClNO3. The van der Waals surface area contributed by atoms with Crippen LogP contribution in [0.5, 0.6) is 0 Å². The Bertz CT molecular complexity index is 927. The second-order valence-electron chi connectivity index (χ2n) is 5.19. The molecule has 3 rings (SSSR count). The summed E-state index contributed by atoms with van der Waals surface area (Å²) in [7, 11) is 1.32. The third-order valence-corrected chi connectivity index (χ3v) is 4.04. The van der Waals surface area contributed by atoms with Crippen molar-refractivity contribution in [3.63, 3.8) is 0 Å². The Hall–Kier alpha value is -2.59. The summed E-state index contributed by atoms with van der Waals surface area (Å²) in [4.78, 5) is 24.6. The van der Waals surface area contributed by atoms with Crippen LogP contribution in [0.4, 0.5) is 0 Å². The van der Waals surface area contributed by atoms with Gasteiger partial charge in [-0.05, 0) is 42.8 Å². The van der Waals surface area contributed by atoms with Crippen LogP contribution >= 0.6 is 11.6 Å². The van der Waals surface area contributed by atoms with Gasteiger partial charge in [0.05, 0.1) is 23.4 Å². The Morgan fingerprint density at radius 1 is 1.13 bits per heavy atom. The molecule has 0 aliphatic rings. The van der Waals surface area contributed by atoms with Crippen LogP contribution in [0.25, 0.3) is 5.52 Å². The van der Waals surface area contributed by atoms with Crippen molar-refractivity contribution >= 4 is 28.9 Å². The molecule has 0 unspecified atom stereocenters. The highest BCUT2D eigenvalue weighted by atomic mass is 35.5. The molecule has 0 fully saturated rings. The average Bonchev–Trinajstić information content (AvgIpc) is 2.88. The lowest BCUT2D eigenvalue weighted by atomic mass is 10.1. The summed E-state index contributed by atoms with van der Waals surface area (Å²) in [5.74, 6) is -0.635. The fourth-order valence-corrected chi connectivity index (χ4v) is 2.83. The Labute approximate surface area is 138 Å². The number of carbonyl (C=O) groups is 2. The van der Waals surface area contributed by atoms with Crippen molar-refractivity contribution in [3.8, 4) is 0 Å². The number of carbonyl (C=O) groups excluding carboxylic acids is 2. The highest BCUT2D eigenvalue weighted by Crippen LogP contribution is 2.24. The first-order valence-corrected chi connectivity index (χ1v) is 7.40. The van der Waals surface area contributed by atoms with E-state index in [-0.39, 0.29) is 5.78 Å². The molecule has 2 heterocycles. The molecule has 0 atom stereocenters. The Balaban J connectivity index is 2.20. The number of aryl methyl sites for hydroxylation is 1. The number of rotatable bonds is 3. The first-order valence-electron chi connectivity index (χ1n) is 7.02. The largest absolute Gasteiger partial charge is 0.465 e. The van der Waals surface area contributed by atoms with Gasteiger partial charge in [0, 0.05) is 17.3 Å². The molecule has 2 aromatic heterocycles.